The lowest BCUT2D eigenvalue weighted by Gasteiger charge is -2.30. The predicted octanol–water partition coefficient (Wildman–Crippen LogP) is 1.40. The van der Waals surface area contributed by atoms with Gasteiger partial charge in [-0.25, -0.2) is 4.98 Å². The second-order valence-electron chi connectivity index (χ2n) is 4.50. The van der Waals surface area contributed by atoms with Crippen LogP contribution in [-0.4, -0.2) is 40.0 Å². The van der Waals surface area contributed by atoms with Gasteiger partial charge in [0.1, 0.15) is 0 Å². The Labute approximate surface area is 109 Å². The van der Waals surface area contributed by atoms with Crippen LogP contribution in [-0.2, 0) is 16.0 Å². The Morgan fingerprint density at radius 3 is 3.06 bits per heavy atom. The van der Waals surface area contributed by atoms with E-state index in [0.29, 0.717) is 32.4 Å². The van der Waals surface area contributed by atoms with Gasteiger partial charge in [-0.15, -0.1) is 11.3 Å². The summed E-state index contributed by atoms with van der Waals surface area (Å²) in [6, 6.07) is 0. The Morgan fingerprint density at radius 1 is 1.56 bits per heavy atom. The summed E-state index contributed by atoms with van der Waals surface area (Å²) < 4.78 is 0. The summed E-state index contributed by atoms with van der Waals surface area (Å²) in [7, 11) is 0. The van der Waals surface area contributed by atoms with E-state index in [0.717, 1.165) is 12.1 Å². The first-order valence-electron chi connectivity index (χ1n) is 6.04. The van der Waals surface area contributed by atoms with E-state index in [1.165, 1.54) is 11.3 Å². The Balaban J connectivity index is 1.83. The molecule has 1 aromatic heterocycles. The van der Waals surface area contributed by atoms with Crippen molar-refractivity contribution in [2.24, 2.45) is 5.92 Å². The van der Waals surface area contributed by atoms with Crippen LogP contribution in [0.1, 0.15) is 25.0 Å². The molecule has 1 aliphatic heterocycles. The molecule has 0 aromatic carbocycles. The molecular formula is C12H16N2O3S. The quantitative estimate of drug-likeness (QED) is 0.896. The lowest BCUT2D eigenvalue weighted by Crippen LogP contribution is -2.42. The molecule has 0 radical (unpaired) electrons. The van der Waals surface area contributed by atoms with Crippen LogP contribution in [0.15, 0.2) is 10.9 Å². The van der Waals surface area contributed by atoms with E-state index in [2.05, 4.69) is 4.98 Å². The third-order valence-corrected chi connectivity index (χ3v) is 3.84. The number of rotatable bonds is 4. The minimum absolute atomic E-state index is 0.0361. The topological polar surface area (TPSA) is 70.5 Å². The van der Waals surface area contributed by atoms with E-state index in [-0.39, 0.29) is 5.91 Å². The maximum absolute atomic E-state index is 12.0. The van der Waals surface area contributed by atoms with Crippen LogP contribution in [0.5, 0.6) is 0 Å². The van der Waals surface area contributed by atoms with Gasteiger partial charge in [-0.3, -0.25) is 9.59 Å². The summed E-state index contributed by atoms with van der Waals surface area (Å²) in [4.78, 5) is 28.7. The number of aliphatic carboxylic acids is 1. The molecule has 18 heavy (non-hydrogen) atoms. The third kappa shape index (κ3) is 3.29. The average Bonchev–Trinajstić information content (AvgIpc) is 2.89. The fourth-order valence-corrected chi connectivity index (χ4v) is 2.75. The molecule has 5 nitrogen and oxygen atoms in total. The normalized spacial score (nSPS) is 19.8. The molecule has 0 saturated carbocycles. The highest BCUT2D eigenvalue weighted by Gasteiger charge is 2.27. The smallest absolute Gasteiger partial charge is 0.308 e. The summed E-state index contributed by atoms with van der Waals surface area (Å²) in [6.07, 6.45) is 2.50. The van der Waals surface area contributed by atoms with Crippen molar-refractivity contribution in [1.82, 2.24) is 9.88 Å². The largest absolute Gasteiger partial charge is 0.481 e. The number of thiazole rings is 1. The third-order valence-electron chi connectivity index (χ3n) is 3.20. The van der Waals surface area contributed by atoms with Crippen LogP contribution in [0, 0.1) is 5.92 Å². The fourth-order valence-electron chi connectivity index (χ4n) is 2.16. The predicted molar refractivity (Wildman–Crippen MR) is 67.4 cm³/mol. The summed E-state index contributed by atoms with van der Waals surface area (Å²) in [5.74, 6) is -1.16. The summed E-state index contributed by atoms with van der Waals surface area (Å²) in [5.41, 5.74) is 2.68. The van der Waals surface area contributed by atoms with E-state index < -0.39 is 11.9 Å². The Morgan fingerprint density at radius 2 is 2.39 bits per heavy atom. The SMILES string of the molecule is O=C(O)C1CCCN(C(=O)CCc2cscn2)C1. The zero-order chi connectivity index (χ0) is 13.0. The highest BCUT2D eigenvalue weighted by atomic mass is 32.1. The van der Waals surface area contributed by atoms with E-state index in [4.69, 9.17) is 5.11 Å². The second-order valence-corrected chi connectivity index (χ2v) is 5.22. The van der Waals surface area contributed by atoms with Crippen molar-refractivity contribution in [3.63, 3.8) is 0 Å². The Kier molecular flexibility index (Phi) is 4.30. The number of nitrogens with zero attached hydrogens (tertiary/aromatic N) is 2. The first kappa shape index (κ1) is 13.0. The van der Waals surface area contributed by atoms with E-state index in [1.807, 2.05) is 5.38 Å². The number of carboxylic acids is 1. The highest BCUT2D eigenvalue weighted by Crippen LogP contribution is 2.17. The minimum atomic E-state index is -0.799. The molecule has 98 valence electrons. The number of aryl methyl sites for hydroxylation is 1. The number of hydrogen-bond acceptors (Lipinski definition) is 4. The van der Waals surface area contributed by atoms with Crippen molar-refractivity contribution in [1.29, 1.82) is 0 Å². The summed E-state index contributed by atoms with van der Waals surface area (Å²) in [5, 5.41) is 10.9. The number of carboxylic acid groups (broad SMARTS) is 1. The lowest BCUT2D eigenvalue weighted by atomic mass is 9.98. The maximum atomic E-state index is 12.0. The van der Waals surface area contributed by atoms with Gasteiger partial charge in [-0.2, -0.15) is 0 Å². The maximum Gasteiger partial charge on any atom is 0.308 e. The van der Waals surface area contributed by atoms with Crippen LogP contribution in [0.4, 0.5) is 0 Å². The Bertz CT molecular complexity index is 419. The number of carbonyl (C=O) groups is 2. The van der Waals surface area contributed by atoms with E-state index in [9.17, 15) is 9.59 Å². The van der Waals surface area contributed by atoms with Gasteiger partial charge in [0.15, 0.2) is 0 Å². The van der Waals surface area contributed by atoms with Gasteiger partial charge in [0.05, 0.1) is 17.1 Å². The molecular weight excluding hydrogens is 252 g/mol. The van der Waals surface area contributed by atoms with E-state index >= 15 is 0 Å². The summed E-state index contributed by atoms with van der Waals surface area (Å²) in [6.45, 7) is 1.03. The minimum Gasteiger partial charge on any atom is -0.481 e. The van der Waals surface area contributed by atoms with Crippen LogP contribution >= 0.6 is 11.3 Å². The van der Waals surface area contributed by atoms with Gasteiger partial charge in [0.25, 0.3) is 0 Å². The average molecular weight is 268 g/mol. The van der Waals surface area contributed by atoms with Crippen molar-refractivity contribution < 1.29 is 14.7 Å². The first-order valence-corrected chi connectivity index (χ1v) is 6.98. The number of likely N-dealkylation sites (tertiary alicyclic amines) is 1. The van der Waals surface area contributed by atoms with E-state index in [1.54, 1.807) is 10.4 Å². The van der Waals surface area contributed by atoms with Gasteiger partial charge in [0.2, 0.25) is 5.91 Å². The zero-order valence-corrected chi connectivity index (χ0v) is 10.9. The van der Waals surface area contributed by atoms with Crippen molar-refractivity contribution >= 4 is 23.2 Å². The molecule has 1 unspecified atom stereocenters. The molecule has 1 atom stereocenters. The standard InChI is InChI=1S/C12H16N2O3S/c15-11(4-3-10-7-18-8-13-10)14-5-1-2-9(6-14)12(16)17/h7-9H,1-6H2,(H,16,17). The number of hydrogen-bond donors (Lipinski definition) is 1. The van der Waals surface area contributed by atoms with Gasteiger partial charge in [-0.1, -0.05) is 0 Å². The van der Waals surface area contributed by atoms with Gasteiger partial charge < -0.3 is 10.0 Å². The van der Waals surface area contributed by atoms with Crippen LogP contribution in [0.25, 0.3) is 0 Å². The molecule has 6 heteroatoms. The summed E-state index contributed by atoms with van der Waals surface area (Å²) >= 11 is 1.52. The molecule has 1 aliphatic rings. The second kappa shape index (κ2) is 5.95. The van der Waals surface area contributed by atoms with Gasteiger partial charge >= 0.3 is 5.97 Å². The molecule has 1 amide bonds. The van der Waals surface area contributed by atoms with Crippen LogP contribution < -0.4 is 0 Å². The van der Waals surface area contributed by atoms with Crippen molar-refractivity contribution in [2.45, 2.75) is 25.7 Å². The molecule has 2 heterocycles. The van der Waals surface area contributed by atoms with Gasteiger partial charge in [-0.05, 0) is 19.3 Å². The molecule has 1 fully saturated rings. The van der Waals surface area contributed by atoms with Crippen molar-refractivity contribution in [3.8, 4) is 0 Å². The number of amides is 1. The van der Waals surface area contributed by atoms with Crippen molar-refractivity contribution in [3.05, 3.63) is 16.6 Å². The molecule has 0 spiro atoms. The number of carbonyl (C=O) groups excluding carboxylic acids is 1. The fraction of sp³-hybridized carbons (Fsp3) is 0.583. The van der Waals surface area contributed by atoms with Crippen LogP contribution in [0.2, 0.25) is 0 Å². The molecule has 0 bridgehead atoms. The van der Waals surface area contributed by atoms with Crippen LogP contribution in [0.3, 0.4) is 0 Å². The van der Waals surface area contributed by atoms with Gasteiger partial charge in [0, 0.05) is 24.9 Å². The molecule has 1 aromatic rings. The number of piperidine rings is 1. The molecule has 0 aliphatic carbocycles. The molecule has 1 saturated heterocycles. The first-order chi connectivity index (χ1) is 8.66. The zero-order valence-electron chi connectivity index (χ0n) is 10.0. The van der Waals surface area contributed by atoms with Crippen molar-refractivity contribution in [2.75, 3.05) is 13.1 Å². The lowest BCUT2D eigenvalue weighted by molar-refractivity contribution is -0.145. The molecule has 2 rings (SSSR count). The Hall–Kier alpha value is -1.43. The molecule has 1 N–H and O–H groups in total. The monoisotopic (exact) mass is 268 g/mol. The number of aromatic nitrogens is 1. The highest BCUT2D eigenvalue weighted by molar-refractivity contribution is 7.07.